The molecule has 4 aliphatic rings. The molecule has 354 valence electrons. The maximum atomic E-state index is 15.4. The zero-order chi connectivity index (χ0) is 46.9. The summed E-state index contributed by atoms with van der Waals surface area (Å²) in [6.07, 6.45) is 11.2. The van der Waals surface area contributed by atoms with Gasteiger partial charge in [-0.2, -0.15) is 15.5 Å². The van der Waals surface area contributed by atoms with Gasteiger partial charge in [-0.25, -0.2) is 23.3 Å². The van der Waals surface area contributed by atoms with Crippen molar-refractivity contribution in [2.45, 2.75) is 75.2 Å². The number of fused-ring (bicyclic) bond motifs is 1. The highest BCUT2D eigenvalue weighted by atomic mass is 19.1. The van der Waals surface area contributed by atoms with Crippen LogP contribution in [0.3, 0.4) is 0 Å². The molecular formula is C49H55F2N13O4. The van der Waals surface area contributed by atoms with Crippen LogP contribution in [-0.2, 0) is 9.53 Å². The first-order valence-corrected chi connectivity index (χ1v) is 23.4. The minimum absolute atomic E-state index is 0.0306. The Morgan fingerprint density at radius 3 is 2.24 bits per heavy atom. The molecule has 7 heterocycles. The number of anilines is 3. The van der Waals surface area contributed by atoms with Crippen molar-refractivity contribution in [1.82, 2.24) is 44.5 Å². The smallest absolute Gasteiger partial charge is 0.256 e. The normalized spacial score (nSPS) is 23.1. The molecule has 10 rings (SSSR count). The van der Waals surface area contributed by atoms with Gasteiger partial charge in [0.15, 0.2) is 17.7 Å². The van der Waals surface area contributed by atoms with Crippen LogP contribution in [0.2, 0.25) is 0 Å². The topological polar surface area (TPSA) is 188 Å². The number of carbonyl (C=O) groups excluding carboxylic acids is 1. The van der Waals surface area contributed by atoms with Crippen molar-refractivity contribution in [3.8, 4) is 28.6 Å². The van der Waals surface area contributed by atoms with E-state index in [9.17, 15) is 20.3 Å². The van der Waals surface area contributed by atoms with E-state index in [0.717, 1.165) is 48.2 Å². The molecule has 3 aliphatic heterocycles. The molecule has 3 saturated heterocycles. The molecular weight excluding hydrogens is 873 g/mol. The van der Waals surface area contributed by atoms with Crippen LogP contribution in [0.1, 0.15) is 61.8 Å². The number of carbonyl (C=O) groups is 1. The molecule has 1 saturated carbocycles. The average molecular weight is 928 g/mol. The Kier molecular flexibility index (Phi) is 13.0. The van der Waals surface area contributed by atoms with Crippen molar-refractivity contribution in [3.63, 3.8) is 0 Å². The lowest BCUT2D eigenvalue weighted by Crippen LogP contribution is -2.53. The number of aromatic nitrogens is 6. The van der Waals surface area contributed by atoms with E-state index in [0.29, 0.717) is 93.7 Å². The number of piperazine rings is 2. The van der Waals surface area contributed by atoms with Gasteiger partial charge in [-0.05, 0) is 68.4 Å². The Bertz CT molecular complexity index is 2740. The predicted octanol–water partition coefficient (Wildman–Crippen LogP) is 4.95. The molecule has 17 nitrogen and oxygen atoms in total. The fourth-order valence-corrected chi connectivity index (χ4v) is 10.4. The van der Waals surface area contributed by atoms with E-state index in [1.165, 1.54) is 12.1 Å². The molecule has 1 amide bonds. The Balaban J connectivity index is 0.755. The molecule has 0 bridgehead atoms. The average Bonchev–Trinajstić information content (AvgIpc) is 4.04. The monoisotopic (exact) mass is 927 g/mol. The zero-order valence-corrected chi connectivity index (χ0v) is 37.8. The first-order chi connectivity index (χ1) is 33.1. The molecule has 4 fully saturated rings. The predicted molar refractivity (Wildman–Crippen MR) is 250 cm³/mol. The summed E-state index contributed by atoms with van der Waals surface area (Å²) in [7, 11) is 1.56. The molecule has 1 aliphatic carbocycles. The molecule has 68 heavy (non-hydrogen) atoms. The number of ether oxygens (including phenoxy) is 1. The summed E-state index contributed by atoms with van der Waals surface area (Å²) < 4.78 is 40.2. The van der Waals surface area contributed by atoms with Gasteiger partial charge in [0.05, 0.1) is 42.1 Å². The quantitative estimate of drug-likeness (QED) is 0.137. The van der Waals surface area contributed by atoms with E-state index >= 15 is 8.78 Å². The first-order valence-electron chi connectivity index (χ1n) is 23.4. The Labute approximate surface area is 392 Å². The molecule has 19 heteroatoms. The van der Waals surface area contributed by atoms with Crippen molar-refractivity contribution < 1.29 is 28.5 Å². The van der Waals surface area contributed by atoms with Gasteiger partial charge in [-0.3, -0.25) is 19.7 Å². The van der Waals surface area contributed by atoms with E-state index in [1.807, 2.05) is 70.6 Å². The highest BCUT2D eigenvalue weighted by Crippen LogP contribution is 2.36. The lowest BCUT2D eigenvalue weighted by Gasteiger charge is -2.42. The Morgan fingerprint density at radius 1 is 0.838 bits per heavy atom. The third-order valence-electron chi connectivity index (χ3n) is 14.1. The number of rotatable bonds is 11. The Hall–Kier alpha value is -6.56. The van der Waals surface area contributed by atoms with Crippen LogP contribution in [0.15, 0.2) is 85.6 Å². The number of nitrogens with zero attached hydrogens (tertiary/aromatic N) is 11. The number of nitriles is 1. The number of nitrogens with one attached hydrogen (secondary N) is 2. The summed E-state index contributed by atoms with van der Waals surface area (Å²) in [5, 5.41) is 44.9. The van der Waals surface area contributed by atoms with E-state index in [-0.39, 0.29) is 23.3 Å². The molecule has 6 aromatic rings. The fourth-order valence-electron chi connectivity index (χ4n) is 10.4. The number of methoxy groups -OCH3 is 1. The van der Waals surface area contributed by atoms with Crippen molar-refractivity contribution in [1.29, 1.82) is 5.26 Å². The maximum absolute atomic E-state index is 15.4. The number of hydrogen-bond donors (Lipinski definition) is 4. The van der Waals surface area contributed by atoms with Gasteiger partial charge in [0.1, 0.15) is 41.1 Å². The number of amides is 1. The number of piperidine rings is 1. The second-order valence-electron chi connectivity index (χ2n) is 18.1. The van der Waals surface area contributed by atoms with Gasteiger partial charge in [-0.15, -0.1) is 0 Å². The van der Waals surface area contributed by atoms with Crippen LogP contribution in [0.5, 0.6) is 0 Å². The van der Waals surface area contributed by atoms with Gasteiger partial charge in [0.25, 0.3) is 5.91 Å². The SMILES string of the molecule is CO[C@@H](C(=O)N1CCN(c2ccc(-c3nc(-c4cnn(C5CCC(N6CCN(c7c(F)cc(N[C@@H]8CC[C@@H](O)N[C@@H]8O)cc7F)CC6)CC5)c4)cn4ncc(C#N)c34)cn2)CC1)c1ccccc1. The lowest BCUT2D eigenvalue weighted by atomic mass is 9.90. The van der Waals surface area contributed by atoms with Crippen LogP contribution in [0.25, 0.3) is 28.0 Å². The number of aliphatic hydroxyl groups excluding tert-OH is 2. The Morgan fingerprint density at radius 2 is 1.56 bits per heavy atom. The van der Waals surface area contributed by atoms with Gasteiger partial charge < -0.3 is 35.0 Å². The largest absolute Gasteiger partial charge is 0.379 e. The lowest BCUT2D eigenvalue weighted by molar-refractivity contribution is -0.142. The summed E-state index contributed by atoms with van der Waals surface area (Å²) in [4.78, 5) is 31.5. The number of halogens is 2. The van der Waals surface area contributed by atoms with Gasteiger partial charge in [0, 0.05) is 94.7 Å². The summed E-state index contributed by atoms with van der Waals surface area (Å²) in [6.45, 7) is 4.71. The number of benzene rings is 2. The third kappa shape index (κ3) is 9.21. The van der Waals surface area contributed by atoms with Gasteiger partial charge >= 0.3 is 0 Å². The van der Waals surface area contributed by atoms with Crippen LogP contribution < -0.4 is 20.4 Å². The third-order valence-corrected chi connectivity index (χ3v) is 14.1. The van der Waals surface area contributed by atoms with Crippen molar-refractivity contribution in [3.05, 3.63) is 108 Å². The van der Waals surface area contributed by atoms with Crippen LogP contribution in [0, 0.1) is 23.0 Å². The van der Waals surface area contributed by atoms with E-state index in [1.54, 1.807) is 28.9 Å². The van der Waals surface area contributed by atoms with E-state index < -0.39 is 36.2 Å². The van der Waals surface area contributed by atoms with E-state index in [2.05, 4.69) is 31.6 Å². The van der Waals surface area contributed by atoms with Crippen molar-refractivity contribution >= 4 is 28.6 Å². The highest BCUT2D eigenvalue weighted by Gasteiger charge is 2.33. The minimum atomic E-state index is -1.03. The minimum Gasteiger partial charge on any atom is -0.379 e. The van der Waals surface area contributed by atoms with Gasteiger partial charge in [-0.1, -0.05) is 30.3 Å². The van der Waals surface area contributed by atoms with E-state index in [4.69, 9.17) is 19.8 Å². The molecule has 0 radical (unpaired) electrons. The number of aliphatic hydroxyl groups is 2. The van der Waals surface area contributed by atoms with Crippen LogP contribution in [0.4, 0.5) is 26.0 Å². The second-order valence-corrected chi connectivity index (χ2v) is 18.1. The molecule has 0 unspecified atom stereocenters. The highest BCUT2D eigenvalue weighted by molar-refractivity contribution is 5.84. The molecule has 4 atom stereocenters. The first kappa shape index (κ1) is 45.2. The molecule has 4 aromatic heterocycles. The van der Waals surface area contributed by atoms with Gasteiger partial charge in [0.2, 0.25) is 0 Å². The second kappa shape index (κ2) is 19.6. The summed E-state index contributed by atoms with van der Waals surface area (Å²) in [5.41, 5.74) is 4.85. The summed E-state index contributed by atoms with van der Waals surface area (Å²) in [5.74, 6) is -0.567. The van der Waals surface area contributed by atoms with Crippen molar-refractivity contribution in [2.24, 2.45) is 0 Å². The van der Waals surface area contributed by atoms with Crippen LogP contribution >= 0.6 is 0 Å². The molecule has 0 spiro atoms. The molecule has 2 aromatic carbocycles. The standard InChI is InChI=1S/C49H55F2N13O4/c1-68-47(31-5-3-2-4-6-31)49(67)62-21-17-60(18-22-62)42-13-7-32(26-53-42)44-45-33(25-52)27-55-64(45)30-41(57-44)34-28-54-63(29-34)37-10-8-36(9-11-37)59-15-19-61(20-16-59)46-38(50)23-35(24-39(46)51)56-40-12-14-43(65)58-48(40)66/h2-7,13,23-24,26-30,36-37,40,43,47-48,56,58,65-66H,8-12,14-22H2,1H3/t36?,37?,40-,43-,47-,48-/m1/s1. The van der Waals surface area contributed by atoms with Crippen LogP contribution in [-0.4, -0.2) is 139 Å². The molecule has 4 N–H and O–H groups in total. The summed E-state index contributed by atoms with van der Waals surface area (Å²) in [6, 6.07) is 18.3. The number of pyridine rings is 1. The zero-order valence-electron chi connectivity index (χ0n) is 37.8. The fraction of sp³-hybridized carbons (Fsp3) is 0.429. The maximum Gasteiger partial charge on any atom is 0.256 e. The summed E-state index contributed by atoms with van der Waals surface area (Å²) >= 11 is 0. The number of hydrogen-bond acceptors (Lipinski definition) is 14. The van der Waals surface area contributed by atoms with Crippen molar-refractivity contribution in [2.75, 3.05) is 74.6 Å².